The summed E-state index contributed by atoms with van der Waals surface area (Å²) in [4.78, 5) is 25.6. The minimum Gasteiger partial charge on any atom is -0.447 e. The molecule has 0 aliphatic carbocycles. The molecule has 1 aliphatic heterocycles. The molecule has 4 rings (SSSR count). The lowest BCUT2D eigenvalue weighted by atomic mass is 10.2. The number of hydrogen-bond acceptors (Lipinski definition) is 4. The Morgan fingerprint density at radius 2 is 1.93 bits per heavy atom. The molecular formula is C19H15FN4O3. The average Bonchev–Trinajstić information content (AvgIpc) is 3.32. The summed E-state index contributed by atoms with van der Waals surface area (Å²) >= 11 is 0. The molecule has 0 atom stereocenters. The average molecular weight is 366 g/mol. The zero-order chi connectivity index (χ0) is 18.8. The number of carbonyl (C=O) groups is 2. The zero-order valence-corrected chi connectivity index (χ0v) is 14.1. The van der Waals surface area contributed by atoms with Gasteiger partial charge >= 0.3 is 6.09 Å². The van der Waals surface area contributed by atoms with E-state index in [0.717, 1.165) is 0 Å². The Balaban J connectivity index is 1.50. The third kappa shape index (κ3) is 3.50. The topological polar surface area (TPSA) is 76.5 Å². The summed E-state index contributed by atoms with van der Waals surface area (Å²) in [6.45, 7) is 0.814. The van der Waals surface area contributed by atoms with Gasteiger partial charge in [-0.1, -0.05) is 6.07 Å². The van der Waals surface area contributed by atoms with Gasteiger partial charge in [0.1, 0.15) is 12.4 Å². The lowest BCUT2D eigenvalue weighted by molar-refractivity contribution is 0.102. The van der Waals surface area contributed by atoms with Crippen LogP contribution in [0.4, 0.5) is 20.6 Å². The van der Waals surface area contributed by atoms with Gasteiger partial charge in [0, 0.05) is 17.6 Å². The number of ether oxygens (including phenoxy) is 1. The Morgan fingerprint density at radius 3 is 2.67 bits per heavy atom. The summed E-state index contributed by atoms with van der Waals surface area (Å²) in [5.74, 6) is -0.734. The van der Waals surface area contributed by atoms with Crippen LogP contribution in [0.3, 0.4) is 0 Å². The van der Waals surface area contributed by atoms with E-state index in [1.54, 1.807) is 48.7 Å². The van der Waals surface area contributed by atoms with Gasteiger partial charge < -0.3 is 10.1 Å². The smallest absolute Gasteiger partial charge is 0.414 e. The number of benzene rings is 2. The van der Waals surface area contributed by atoms with Crippen molar-refractivity contribution in [3.63, 3.8) is 0 Å². The van der Waals surface area contributed by atoms with Crippen molar-refractivity contribution in [2.45, 2.75) is 0 Å². The van der Waals surface area contributed by atoms with Gasteiger partial charge in [0.25, 0.3) is 5.91 Å². The monoisotopic (exact) mass is 366 g/mol. The van der Waals surface area contributed by atoms with Crippen LogP contribution in [0.5, 0.6) is 0 Å². The van der Waals surface area contributed by atoms with E-state index in [9.17, 15) is 14.0 Å². The van der Waals surface area contributed by atoms with Crippen LogP contribution >= 0.6 is 0 Å². The van der Waals surface area contributed by atoms with Crippen molar-refractivity contribution in [1.29, 1.82) is 0 Å². The molecule has 2 aromatic carbocycles. The Hall–Kier alpha value is -3.68. The van der Waals surface area contributed by atoms with Crippen LogP contribution in [0.15, 0.2) is 60.8 Å². The molecule has 0 radical (unpaired) electrons. The molecule has 0 saturated carbocycles. The number of halogens is 1. The maximum atomic E-state index is 13.0. The highest BCUT2D eigenvalue weighted by Crippen LogP contribution is 2.22. The molecule has 2 amide bonds. The van der Waals surface area contributed by atoms with Crippen LogP contribution in [0, 0.1) is 5.82 Å². The molecule has 0 unspecified atom stereocenters. The number of cyclic esters (lactones) is 1. The fourth-order valence-corrected chi connectivity index (χ4v) is 2.76. The molecule has 1 N–H and O–H groups in total. The van der Waals surface area contributed by atoms with Gasteiger partial charge in [-0.2, -0.15) is 5.10 Å². The largest absolute Gasteiger partial charge is 0.447 e. The number of hydrogen-bond donors (Lipinski definition) is 1. The Kier molecular flexibility index (Phi) is 4.29. The first kappa shape index (κ1) is 16.8. The fraction of sp³-hybridized carbons (Fsp3) is 0.105. The van der Waals surface area contributed by atoms with Crippen LogP contribution in [0.25, 0.3) is 5.69 Å². The van der Waals surface area contributed by atoms with E-state index in [0.29, 0.717) is 30.2 Å². The number of nitrogens with one attached hydrogen (secondary N) is 1. The van der Waals surface area contributed by atoms with E-state index < -0.39 is 12.0 Å². The van der Waals surface area contributed by atoms with Crippen LogP contribution in [0.2, 0.25) is 0 Å². The lowest BCUT2D eigenvalue weighted by Crippen LogP contribution is -2.23. The second-order valence-electron chi connectivity index (χ2n) is 5.89. The summed E-state index contributed by atoms with van der Waals surface area (Å²) < 4.78 is 19.4. The Bertz CT molecular complexity index is 1000. The van der Waals surface area contributed by atoms with E-state index in [1.165, 1.54) is 21.7 Å². The second kappa shape index (κ2) is 6.91. The summed E-state index contributed by atoms with van der Waals surface area (Å²) in [7, 11) is 0. The Morgan fingerprint density at radius 1 is 1.11 bits per heavy atom. The molecule has 1 fully saturated rings. The molecular weight excluding hydrogens is 351 g/mol. The van der Waals surface area contributed by atoms with Gasteiger partial charge in [0.05, 0.1) is 12.2 Å². The highest BCUT2D eigenvalue weighted by Gasteiger charge is 2.23. The number of aromatic nitrogens is 2. The highest BCUT2D eigenvalue weighted by molar-refractivity contribution is 6.03. The van der Waals surface area contributed by atoms with E-state index in [-0.39, 0.29) is 11.5 Å². The second-order valence-corrected chi connectivity index (χ2v) is 5.89. The van der Waals surface area contributed by atoms with Crippen molar-refractivity contribution in [2.75, 3.05) is 23.4 Å². The summed E-state index contributed by atoms with van der Waals surface area (Å²) in [6, 6.07) is 14.3. The molecule has 2 heterocycles. The number of carbonyl (C=O) groups excluding carboxylic acids is 2. The third-order valence-electron chi connectivity index (χ3n) is 4.09. The van der Waals surface area contributed by atoms with Gasteiger partial charge in [0.2, 0.25) is 0 Å². The van der Waals surface area contributed by atoms with Gasteiger partial charge in [-0.25, -0.2) is 13.9 Å². The molecule has 3 aromatic rings. The molecule has 8 heteroatoms. The maximum absolute atomic E-state index is 13.0. The first-order chi connectivity index (χ1) is 13.1. The first-order valence-corrected chi connectivity index (χ1v) is 8.27. The normalized spacial score (nSPS) is 13.5. The van der Waals surface area contributed by atoms with E-state index in [2.05, 4.69) is 10.4 Å². The maximum Gasteiger partial charge on any atom is 0.414 e. The van der Waals surface area contributed by atoms with Gasteiger partial charge in [0.15, 0.2) is 5.69 Å². The number of rotatable bonds is 4. The molecule has 1 saturated heterocycles. The minimum absolute atomic E-state index is 0.213. The van der Waals surface area contributed by atoms with Crippen molar-refractivity contribution in [3.05, 3.63) is 72.3 Å². The summed E-state index contributed by atoms with van der Waals surface area (Å²) in [5.41, 5.74) is 2.04. The highest BCUT2D eigenvalue weighted by atomic mass is 19.1. The molecule has 0 bridgehead atoms. The summed E-state index contributed by atoms with van der Waals surface area (Å²) in [6.07, 6.45) is 1.22. The molecule has 0 spiro atoms. The van der Waals surface area contributed by atoms with E-state index in [4.69, 9.17) is 4.74 Å². The lowest BCUT2D eigenvalue weighted by Gasteiger charge is -2.14. The SMILES string of the molecule is O=C(Nc1cccc(N2CCOC2=O)c1)c1ccn(-c2ccc(F)cc2)n1. The first-order valence-electron chi connectivity index (χ1n) is 8.27. The predicted octanol–water partition coefficient (Wildman–Crippen LogP) is 3.22. The van der Waals surface area contributed by atoms with E-state index >= 15 is 0 Å². The quantitative estimate of drug-likeness (QED) is 0.769. The van der Waals surface area contributed by atoms with Crippen molar-refractivity contribution in [1.82, 2.24) is 9.78 Å². The van der Waals surface area contributed by atoms with Crippen LogP contribution in [0.1, 0.15) is 10.5 Å². The summed E-state index contributed by atoms with van der Waals surface area (Å²) in [5, 5.41) is 6.97. The van der Waals surface area contributed by atoms with Gasteiger partial charge in [-0.3, -0.25) is 9.69 Å². The minimum atomic E-state index is -0.406. The van der Waals surface area contributed by atoms with Crippen LogP contribution < -0.4 is 10.2 Å². The van der Waals surface area contributed by atoms with Crippen molar-refractivity contribution in [3.8, 4) is 5.69 Å². The van der Waals surface area contributed by atoms with Crippen molar-refractivity contribution in [2.24, 2.45) is 0 Å². The van der Waals surface area contributed by atoms with Gasteiger partial charge in [-0.05, 0) is 48.5 Å². The molecule has 1 aliphatic rings. The fourth-order valence-electron chi connectivity index (χ4n) is 2.76. The number of nitrogens with zero attached hydrogens (tertiary/aromatic N) is 3. The molecule has 7 nitrogen and oxygen atoms in total. The Labute approximate surface area is 154 Å². The van der Waals surface area contributed by atoms with Crippen LogP contribution in [-0.4, -0.2) is 34.9 Å². The van der Waals surface area contributed by atoms with Gasteiger partial charge in [-0.15, -0.1) is 0 Å². The van der Waals surface area contributed by atoms with Crippen LogP contribution in [-0.2, 0) is 4.74 Å². The predicted molar refractivity (Wildman–Crippen MR) is 96.6 cm³/mol. The van der Waals surface area contributed by atoms with Crippen molar-refractivity contribution >= 4 is 23.4 Å². The molecule has 27 heavy (non-hydrogen) atoms. The number of amides is 2. The standard InChI is InChI=1S/C19H15FN4O3/c20-13-4-6-15(7-5-13)24-9-8-17(22-24)18(25)21-14-2-1-3-16(12-14)23-10-11-27-19(23)26/h1-9,12H,10-11H2,(H,21,25). The molecule has 1 aromatic heterocycles. The molecule has 136 valence electrons. The number of anilines is 2. The zero-order valence-electron chi connectivity index (χ0n) is 14.1. The van der Waals surface area contributed by atoms with E-state index in [1.807, 2.05) is 0 Å². The third-order valence-corrected chi connectivity index (χ3v) is 4.09. The van der Waals surface area contributed by atoms with Crippen molar-refractivity contribution < 1.29 is 18.7 Å².